The van der Waals surface area contributed by atoms with Gasteiger partial charge in [-0.1, -0.05) is 11.6 Å². The van der Waals surface area contributed by atoms with Crippen LogP contribution in [0.2, 0.25) is 4.34 Å². The number of hydrogen-bond donors (Lipinski definition) is 3. The van der Waals surface area contributed by atoms with Crippen molar-refractivity contribution in [2.45, 2.75) is 46.3 Å². The first-order valence-corrected chi connectivity index (χ1v) is 9.98. The number of rotatable bonds is 7. The predicted molar refractivity (Wildman–Crippen MR) is 125 cm³/mol. The van der Waals surface area contributed by atoms with Crippen LogP contribution in [0.4, 0.5) is 0 Å². The Morgan fingerprint density at radius 3 is 2.63 bits per heavy atom. The number of thiophene rings is 1. The molecule has 0 amide bonds. The third-order valence-corrected chi connectivity index (χ3v) is 5.57. The van der Waals surface area contributed by atoms with Gasteiger partial charge in [0, 0.05) is 30.2 Å². The number of nitrogens with one attached hydrogen (secondary N) is 2. The Labute approximate surface area is 187 Å². The summed E-state index contributed by atoms with van der Waals surface area (Å²) >= 11 is 7.31. The molecule has 2 atom stereocenters. The third-order valence-electron chi connectivity index (χ3n) is 4.24. The lowest BCUT2D eigenvalue weighted by molar-refractivity contribution is 0.191. The molecule has 0 saturated carbocycles. The van der Waals surface area contributed by atoms with Crippen molar-refractivity contribution in [3.63, 3.8) is 0 Å². The van der Waals surface area contributed by atoms with Crippen molar-refractivity contribution in [3.8, 4) is 0 Å². The van der Waals surface area contributed by atoms with Gasteiger partial charge in [0.25, 0.3) is 0 Å². The Balaban J connectivity index is 0.00000364. The lowest BCUT2D eigenvalue weighted by Gasteiger charge is -2.18. The molecule has 0 aromatic carbocycles. The highest BCUT2D eigenvalue weighted by molar-refractivity contribution is 14.0. The van der Waals surface area contributed by atoms with Gasteiger partial charge >= 0.3 is 0 Å². The summed E-state index contributed by atoms with van der Waals surface area (Å²) < 4.78 is 2.59. The van der Waals surface area contributed by atoms with Gasteiger partial charge in [0.1, 0.15) is 6.10 Å². The number of aromatic nitrogens is 2. The van der Waals surface area contributed by atoms with Crippen LogP contribution < -0.4 is 10.6 Å². The van der Waals surface area contributed by atoms with E-state index in [4.69, 9.17) is 11.6 Å². The zero-order valence-corrected chi connectivity index (χ0v) is 20.3. The largest absolute Gasteiger partial charge is 0.386 e. The molecule has 0 saturated heterocycles. The van der Waals surface area contributed by atoms with E-state index in [2.05, 4.69) is 34.6 Å². The second-order valence-electron chi connectivity index (χ2n) is 6.40. The van der Waals surface area contributed by atoms with Crippen LogP contribution in [0.5, 0.6) is 0 Å². The molecule has 27 heavy (non-hydrogen) atoms. The Morgan fingerprint density at radius 1 is 1.41 bits per heavy atom. The van der Waals surface area contributed by atoms with Gasteiger partial charge in [-0.3, -0.25) is 9.67 Å². The monoisotopic (exact) mass is 525 g/mol. The number of guanidine groups is 1. The average Bonchev–Trinajstić information content (AvgIpc) is 3.11. The van der Waals surface area contributed by atoms with Gasteiger partial charge in [0.05, 0.1) is 16.6 Å². The van der Waals surface area contributed by atoms with Crippen molar-refractivity contribution in [3.05, 3.63) is 38.3 Å². The van der Waals surface area contributed by atoms with Crippen LogP contribution in [0.3, 0.4) is 0 Å². The fraction of sp³-hybridized carbons (Fsp3) is 0.556. The number of hydrogen-bond acceptors (Lipinski definition) is 4. The maximum atomic E-state index is 10.3. The number of aryl methyl sites for hydroxylation is 2. The molecule has 0 aliphatic rings. The molecule has 0 aliphatic heterocycles. The Hall–Kier alpha value is -0.840. The quantitative estimate of drug-likeness (QED) is 0.293. The third kappa shape index (κ3) is 6.92. The molecule has 2 heterocycles. The summed E-state index contributed by atoms with van der Waals surface area (Å²) in [5.74, 6) is 0.695. The van der Waals surface area contributed by atoms with E-state index in [0.29, 0.717) is 10.3 Å². The van der Waals surface area contributed by atoms with Crippen molar-refractivity contribution in [1.82, 2.24) is 20.4 Å². The topological polar surface area (TPSA) is 74.5 Å². The molecule has 3 N–H and O–H groups in total. The van der Waals surface area contributed by atoms with Gasteiger partial charge in [0.2, 0.25) is 0 Å². The van der Waals surface area contributed by atoms with Crippen LogP contribution in [-0.2, 0) is 13.5 Å². The molecule has 0 spiro atoms. The number of nitrogens with zero attached hydrogens (tertiary/aromatic N) is 3. The lowest BCUT2D eigenvalue weighted by Crippen LogP contribution is -2.43. The van der Waals surface area contributed by atoms with Gasteiger partial charge in [-0.05, 0) is 51.8 Å². The number of halogens is 2. The smallest absolute Gasteiger partial charge is 0.191 e. The minimum atomic E-state index is -0.652. The molecule has 0 aliphatic carbocycles. The first kappa shape index (κ1) is 24.2. The molecule has 9 heteroatoms. The van der Waals surface area contributed by atoms with E-state index in [0.717, 1.165) is 23.5 Å². The van der Waals surface area contributed by atoms with Crippen LogP contribution in [0.1, 0.15) is 41.8 Å². The summed E-state index contributed by atoms with van der Waals surface area (Å²) in [6, 6.07) is 3.81. The molecular formula is C18H29ClIN5OS. The second kappa shape index (κ2) is 11.2. The Bertz CT molecular complexity index is 761. The number of aliphatic imine (C=N–C) groups is 1. The molecule has 0 fully saturated rings. The van der Waals surface area contributed by atoms with E-state index >= 15 is 0 Å². The van der Waals surface area contributed by atoms with Crippen molar-refractivity contribution in [1.29, 1.82) is 0 Å². The van der Waals surface area contributed by atoms with Gasteiger partial charge in [-0.15, -0.1) is 35.3 Å². The van der Waals surface area contributed by atoms with Gasteiger partial charge < -0.3 is 15.7 Å². The molecule has 0 radical (unpaired) electrons. The van der Waals surface area contributed by atoms with Crippen LogP contribution in [-0.4, -0.2) is 40.0 Å². The van der Waals surface area contributed by atoms with E-state index in [-0.39, 0.29) is 36.6 Å². The molecule has 2 unspecified atom stereocenters. The van der Waals surface area contributed by atoms with Crippen LogP contribution in [0.15, 0.2) is 17.1 Å². The first-order chi connectivity index (χ1) is 12.3. The lowest BCUT2D eigenvalue weighted by atomic mass is 10.1. The van der Waals surface area contributed by atoms with Crippen LogP contribution >= 0.6 is 46.9 Å². The van der Waals surface area contributed by atoms with Crippen molar-refractivity contribution in [2.75, 3.05) is 13.1 Å². The molecular weight excluding hydrogens is 497 g/mol. The summed E-state index contributed by atoms with van der Waals surface area (Å²) in [4.78, 5) is 5.34. The Morgan fingerprint density at radius 2 is 2.11 bits per heavy atom. The average molecular weight is 526 g/mol. The molecule has 152 valence electrons. The molecule has 2 aromatic rings. The predicted octanol–water partition coefficient (Wildman–Crippen LogP) is 3.59. The second-order valence-corrected chi connectivity index (χ2v) is 8.15. The van der Waals surface area contributed by atoms with E-state index in [1.165, 1.54) is 22.6 Å². The van der Waals surface area contributed by atoms with E-state index in [1.807, 2.05) is 31.6 Å². The molecule has 6 nitrogen and oxygen atoms in total. The van der Waals surface area contributed by atoms with Gasteiger partial charge in [0.15, 0.2) is 5.96 Å². The summed E-state index contributed by atoms with van der Waals surface area (Å²) in [5, 5.41) is 21.4. The zero-order valence-electron chi connectivity index (χ0n) is 16.4. The minimum Gasteiger partial charge on any atom is -0.386 e. The summed E-state index contributed by atoms with van der Waals surface area (Å²) in [7, 11) is 1.97. The maximum Gasteiger partial charge on any atom is 0.191 e. The summed E-state index contributed by atoms with van der Waals surface area (Å²) in [6.07, 6.45) is 0.208. The van der Waals surface area contributed by atoms with Crippen LogP contribution in [0.25, 0.3) is 0 Å². The van der Waals surface area contributed by atoms with Crippen molar-refractivity contribution >= 4 is 52.9 Å². The highest BCUT2D eigenvalue weighted by Gasteiger charge is 2.15. The Kier molecular flexibility index (Phi) is 10.1. The highest BCUT2D eigenvalue weighted by Crippen LogP contribution is 2.26. The van der Waals surface area contributed by atoms with Crippen molar-refractivity contribution in [2.24, 2.45) is 12.0 Å². The minimum absolute atomic E-state index is 0. The molecule has 2 rings (SSSR count). The van der Waals surface area contributed by atoms with Crippen LogP contribution in [0, 0.1) is 13.8 Å². The van der Waals surface area contributed by atoms with E-state index in [9.17, 15) is 5.11 Å². The normalized spacial score (nSPS) is 13.8. The fourth-order valence-corrected chi connectivity index (χ4v) is 3.84. The molecule has 2 aromatic heterocycles. The highest BCUT2D eigenvalue weighted by atomic mass is 127. The number of aliphatic hydroxyl groups is 1. The van der Waals surface area contributed by atoms with E-state index < -0.39 is 6.10 Å². The molecule has 0 bridgehead atoms. The van der Waals surface area contributed by atoms with E-state index in [1.54, 1.807) is 6.07 Å². The zero-order chi connectivity index (χ0) is 19.3. The fourth-order valence-electron chi connectivity index (χ4n) is 2.80. The summed E-state index contributed by atoms with van der Waals surface area (Å²) in [5.41, 5.74) is 3.50. The SMILES string of the molecule is CCNC(=NCC(O)c1ccc(Cl)s1)NC(C)Cc1c(C)nn(C)c1C.I. The number of aliphatic hydroxyl groups excluding tert-OH is 1. The summed E-state index contributed by atoms with van der Waals surface area (Å²) in [6.45, 7) is 9.30. The van der Waals surface area contributed by atoms with Crippen molar-refractivity contribution < 1.29 is 5.11 Å². The van der Waals surface area contributed by atoms with Gasteiger partial charge in [-0.2, -0.15) is 5.10 Å². The first-order valence-electron chi connectivity index (χ1n) is 8.79. The standard InChI is InChI=1S/C18H28ClN5OS.HI/c1-6-20-18(21-10-15(25)16-7-8-17(19)26-16)22-11(2)9-14-12(3)23-24(5)13(14)4;/h7-8,11,15,25H,6,9-10H2,1-5H3,(H2,20,21,22);1H. The van der Waals surface area contributed by atoms with Gasteiger partial charge in [-0.25, -0.2) is 0 Å². The maximum absolute atomic E-state index is 10.3.